The van der Waals surface area contributed by atoms with Crippen molar-refractivity contribution in [1.82, 2.24) is 5.32 Å². The van der Waals surface area contributed by atoms with Crippen LogP contribution in [0.1, 0.15) is 18.1 Å². The second-order valence-electron chi connectivity index (χ2n) is 5.68. The summed E-state index contributed by atoms with van der Waals surface area (Å²) in [4.78, 5) is 0. The highest BCUT2D eigenvalue weighted by Crippen LogP contribution is 2.33. The molecule has 0 spiro atoms. The van der Waals surface area contributed by atoms with Crippen LogP contribution in [0.3, 0.4) is 0 Å². The van der Waals surface area contributed by atoms with Crippen LogP contribution in [0.2, 0.25) is 0 Å². The molecule has 1 unspecified atom stereocenters. The molecule has 0 radical (unpaired) electrons. The number of hydrogen-bond donors (Lipinski definition) is 2. The maximum absolute atomic E-state index is 10.6. The van der Waals surface area contributed by atoms with Crippen LogP contribution in [0.15, 0.2) is 48.5 Å². The Hall–Kier alpha value is -2.04. The molecule has 0 amide bonds. The standard InChI is InChI=1S/C18H21NO3/c1-18(20,15-7-3-2-4-8-15)13-19-12-14-6-5-9-16-17(14)22-11-10-21-16/h2-9,19-20H,10-13H2,1H3. The number of rotatable bonds is 5. The van der Waals surface area contributed by atoms with Gasteiger partial charge < -0.3 is 19.9 Å². The van der Waals surface area contributed by atoms with E-state index in [0.29, 0.717) is 26.3 Å². The molecule has 0 aliphatic carbocycles. The predicted molar refractivity (Wildman–Crippen MR) is 85.2 cm³/mol. The maximum atomic E-state index is 10.6. The molecule has 22 heavy (non-hydrogen) atoms. The van der Waals surface area contributed by atoms with Crippen LogP contribution in [0.25, 0.3) is 0 Å². The Labute approximate surface area is 130 Å². The molecule has 1 aliphatic rings. The molecule has 1 heterocycles. The van der Waals surface area contributed by atoms with Gasteiger partial charge in [0.1, 0.15) is 13.2 Å². The minimum Gasteiger partial charge on any atom is -0.486 e. The molecule has 4 heteroatoms. The van der Waals surface area contributed by atoms with Crippen molar-refractivity contribution in [2.24, 2.45) is 0 Å². The van der Waals surface area contributed by atoms with E-state index in [1.54, 1.807) is 0 Å². The summed E-state index contributed by atoms with van der Waals surface area (Å²) in [5.41, 5.74) is 1.03. The fraction of sp³-hybridized carbons (Fsp3) is 0.333. The first-order valence-electron chi connectivity index (χ1n) is 7.53. The lowest BCUT2D eigenvalue weighted by atomic mass is 9.96. The summed E-state index contributed by atoms with van der Waals surface area (Å²) >= 11 is 0. The lowest BCUT2D eigenvalue weighted by Crippen LogP contribution is -2.35. The largest absolute Gasteiger partial charge is 0.486 e. The number of nitrogens with one attached hydrogen (secondary N) is 1. The Bertz CT molecular complexity index is 625. The van der Waals surface area contributed by atoms with Gasteiger partial charge in [-0.1, -0.05) is 42.5 Å². The van der Waals surface area contributed by atoms with E-state index in [-0.39, 0.29) is 0 Å². The summed E-state index contributed by atoms with van der Waals surface area (Å²) in [5, 5.41) is 13.9. The summed E-state index contributed by atoms with van der Waals surface area (Å²) in [6.07, 6.45) is 0. The zero-order valence-corrected chi connectivity index (χ0v) is 12.7. The van der Waals surface area contributed by atoms with Gasteiger partial charge in [0, 0.05) is 18.7 Å². The molecule has 0 bridgehead atoms. The van der Waals surface area contributed by atoms with Gasteiger partial charge in [0.15, 0.2) is 11.5 Å². The van der Waals surface area contributed by atoms with E-state index in [0.717, 1.165) is 22.6 Å². The number of fused-ring (bicyclic) bond motifs is 1. The van der Waals surface area contributed by atoms with Crippen molar-refractivity contribution in [3.63, 3.8) is 0 Å². The van der Waals surface area contributed by atoms with Crippen LogP contribution in [0.4, 0.5) is 0 Å². The Morgan fingerprint density at radius 3 is 2.64 bits per heavy atom. The van der Waals surface area contributed by atoms with Crippen molar-refractivity contribution in [2.75, 3.05) is 19.8 Å². The van der Waals surface area contributed by atoms with Crippen molar-refractivity contribution in [1.29, 1.82) is 0 Å². The number of hydrogen-bond acceptors (Lipinski definition) is 4. The highest BCUT2D eigenvalue weighted by atomic mass is 16.6. The topological polar surface area (TPSA) is 50.7 Å². The lowest BCUT2D eigenvalue weighted by Gasteiger charge is -2.25. The molecule has 2 aromatic rings. The first-order valence-corrected chi connectivity index (χ1v) is 7.53. The van der Waals surface area contributed by atoms with Crippen LogP contribution in [0, 0.1) is 0 Å². The van der Waals surface area contributed by atoms with Crippen LogP contribution in [0.5, 0.6) is 11.5 Å². The fourth-order valence-corrected chi connectivity index (χ4v) is 2.61. The average molecular weight is 299 g/mol. The summed E-state index contributed by atoms with van der Waals surface area (Å²) in [5.74, 6) is 1.60. The highest BCUT2D eigenvalue weighted by Gasteiger charge is 2.22. The van der Waals surface area contributed by atoms with Gasteiger partial charge in [-0.05, 0) is 18.6 Å². The van der Waals surface area contributed by atoms with Gasteiger partial charge in [0.25, 0.3) is 0 Å². The van der Waals surface area contributed by atoms with Crippen molar-refractivity contribution >= 4 is 0 Å². The lowest BCUT2D eigenvalue weighted by molar-refractivity contribution is 0.0565. The summed E-state index contributed by atoms with van der Waals surface area (Å²) in [7, 11) is 0. The molecule has 2 N–H and O–H groups in total. The molecule has 2 aromatic carbocycles. The third kappa shape index (κ3) is 3.24. The number of para-hydroxylation sites is 1. The number of benzene rings is 2. The number of aliphatic hydroxyl groups is 1. The van der Waals surface area contributed by atoms with Gasteiger partial charge in [0.05, 0.1) is 5.60 Å². The van der Waals surface area contributed by atoms with Crippen LogP contribution in [-0.2, 0) is 12.1 Å². The first kappa shape index (κ1) is 14.9. The van der Waals surface area contributed by atoms with Crippen molar-refractivity contribution < 1.29 is 14.6 Å². The molecular formula is C18H21NO3. The zero-order valence-electron chi connectivity index (χ0n) is 12.7. The summed E-state index contributed by atoms with van der Waals surface area (Å²) < 4.78 is 11.3. The van der Waals surface area contributed by atoms with E-state index >= 15 is 0 Å². The first-order chi connectivity index (χ1) is 10.7. The molecule has 3 rings (SSSR count). The fourth-order valence-electron chi connectivity index (χ4n) is 2.61. The predicted octanol–water partition coefficient (Wildman–Crippen LogP) is 2.46. The third-order valence-corrected chi connectivity index (χ3v) is 3.83. The van der Waals surface area contributed by atoms with E-state index in [1.807, 2.05) is 55.5 Å². The van der Waals surface area contributed by atoms with E-state index in [1.165, 1.54) is 0 Å². The quantitative estimate of drug-likeness (QED) is 0.890. The van der Waals surface area contributed by atoms with E-state index in [9.17, 15) is 5.11 Å². The Morgan fingerprint density at radius 2 is 1.82 bits per heavy atom. The van der Waals surface area contributed by atoms with Crippen LogP contribution < -0.4 is 14.8 Å². The van der Waals surface area contributed by atoms with Gasteiger partial charge in [-0.3, -0.25) is 0 Å². The normalized spacial score (nSPS) is 16.1. The maximum Gasteiger partial charge on any atom is 0.165 e. The van der Waals surface area contributed by atoms with E-state index in [2.05, 4.69) is 5.32 Å². The zero-order chi connectivity index (χ0) is 15.4. The Morgan fingerprint density at radius 1 is 1.05 bits per heavy atom. The van der Waals surface area contributed by atoms with Crippen molar-refractivity contribution in [3.8, 4) is 11.5 Å². The SMILES string of the molecule is CC(O)(CNCc1cccc2c1OCCO2)c1ccccc1. The van der Waals surface area contributed by atoms with Gasteiger partial charge >= 0.3 is 0 Å². The van der Waals surface area contributed by atoms with Crippen LogP contribution in [-0.4, -0.2) is 24.9 Å². The van der Waals surface area contributed by atoms with E-state index in [4.69, 9.17) is 9.47 Å². The summed E-state index contributed by atoms with van der Waals surface area (Å²) in [6.45, 7) is 4.06. The second-order valence-corrected chi connectivity index (χ2v) is 5.68. The van der Waals surface area contributed by atoms with E-state index < -0.39 is 5.60 Å². The van der Waals surface area contributed by atoms with Gasteiger partial charge in [-0.25, -0.2) is 0 Å². The molecule has 0 aromatic heterocycles. The average Bonchev–Trinajstić information content (AvgIpc) is 2.56. The third-order valence-electron chi connectivity index (χ3n) is 3.83. The molecule has 4 nitrogen and oxygen atoms in total. The molecular weight excluding hydrogens is 278 g/mol. The van der Waals surface area contributed by atoms with Crippen LogP contribution >= 0.6 is 0 Å². The second kappa shape index (κ2) is 6.38. The number of ether oxygens (including phenoxy) is 2. The van der Waals surface area contributed by atoms with Gasteiger partial charge in [0.2, 0.25) is 0 Å². The minimum absolute atomic E-state index is 0.460. The van der Waals surface area contributed by atoms with Gasteiger partial charge in [-0.15, -0.1) is 0 Å². The molecule has 1 aliphatic heterocycles. The smallest absolute Gasteiger partial charge is 0.165 e. The van der Waals surface area contributed by atoms with Gasteiger partial charge in [-0.2, -0.15) is 0 Å². The molecule has 0 saturated carbocycles. The van der Waals surface area contributed by atoms with Crippen molar-refractivity contribution in [2.45, 2.75) is 19.1 Å². The molecule has 0 saturated heterocycles. The molecule has 116 valence electrons. The summed E-state index contributed by atoms with van der Waals surface area (Å²) in [6, 6.07) is 15.6. The van der Waals surface area contributed by atoms with Crippen molar-refractivity contribution in [3.05, 3.63) is 59.7 Å². The minimum atomic E-state index is -0.909. The Kier molecular flexibility index (Phi) is 4.32. The molecule has 0 fully saturated rings. The molecule has 1 atom stereocenters. The highest BCUT2D eigenvalue weighted by molar-refractivity contribution is 5.47. The Balaban J connectivity index is 1.64. The monoisotopic (exact) mass is 299 g/mol.